The number of aliphatic hydroxyl groups is 1. The number of para-hydroxylation sites is 2. The van der Waals surface area contributed by atoms with Gasteiger partial charge in [-0.05, 0) is 79.3 Å². The highest BCUT2D eigenvalue weighted by Gasteiger charge is 2.40. The smallest absolute Gasteiger partial charge is 0.326 e. The standard InChI is InChI=1S/C47H51N5O7S/c1-31-15-21-39(22-16-31)60(56,57)50-41(27-33-9-4-3-5-10-33)45(54)48-37-12-8-11-36(28-37)46-58-43(32(2)44(59-46)35-19-17-34(30-53)18-20-35)29-51-25-23-38(24-26-51)52-42-14-7-6-13-40(42)49-47(52)55/h3-22,28,32,38,41,43-44,46,50,53H,23-27,29-30H2,1-2H3,(H,48,54)(H,49,55). The van der Waals surface area contributed by atoms with Gasteiger partial charge >= 0.3 is 5.69 Å². The van der Waals surface area contributed by atoms with Crippen molar-refractivity contribution in [2.75, 3.05) is 25.0 Å². The molecule has 5 aromatic carbocycles. The molecule has 5 unspecified atom stereocenters. The number of nitrogens with one attached hydrogen (secondary N) is 3. The number of amides is 1. The second kappa shape index (κ2) is 18.1. The van der Waals surface area contributed by atoms with Crippen LogP contribution >= 0.6 is 0 Å². The number of hydrogen-bond acceptors (Lipinski definition) is 8. The molecule has 60 heavy (non-hydrogen) atoms. The van der Waals surface area contributed by atoms with Gasteiger partial charge in [-0.25, -0.2) is 13.2 Å². The van der Waals surface area contributed by atoms with Crippen molar-refractivity contribution in [1.29, 1.82) is 0 Å². The first-order valence-corrected chi connectivity index (χ1v) is 22.0. The van der Waals surface area contributed by atoms with Gasteiger partial charge in [-0.1, -0.05) is 103 Å². The summed E-state index contributed by atoms with van der Waals surface area (Å²) < 4.78 is 45.1. The van der Waals surface area contributed by atoms with E-state index < -0.39 is 28.3 Å². The SMILES string of the molecule is Cc1ccc(S(=O)(=O)NC(Cc2ccccc2)C(=O)Nc2cccc(C3OC(CN4CCC(n5c(=O)[nH]c6ccccc65)CC4)C(C)C(c4ccc(CO)cc4)O3)c2)cc1. The third kappa shape index (κ3) is 9.31. The number of fused-ring (bicyclic) bond motifs is 1. The maximum Gasteiger partial charge on any atom is 0.326 e. The fraction of sp³-hybridized carbons (Fsp3) is 0.319. The first kappa shape index (κ1) is 41.3. The number of sulfonamides is 1. The Morgan fingerprint density at radius 3 is 2.30 bits per heavy atom. The summed E-state index contributed by atoms with van der Waals surface area (Å²) in [5.41, 5.74) is 6.34. The Bertz CT molecular complexity index is 2570. The summed E-state index contributed by atoms with van der Waals surface area (Å²) in [4.78, 5) is 32.4. The number of nitrogens with zero attached hydrogens (tertiary/aromatic N) is 2. The van der Waals surface area contributed by atoms with Crippen LogP contribution < -0.4 is 15.7 Å². The van der Waals surface area contributed by atoms with E-state index in [1.165, 1.54) is 12.1 Å². The Morgan fingerprint density at radius 1 is 0.850 bits per heavy atom. The van der Waals surface area contributed by atoms with Gasteiger partial charge < -0.3 is 29.8 Å². The summed E-state index contributed by atoms with van der Waals surface area (Å²) in [6.07, 6.45) is 0.426. The number of ether oxygens (including phenoxy) is 2. The number of aliphatic hydroxyl groups excluding tert-OH is 1. The lowest BCUT2D eigenvalue weighted by Crippen LogP contribution is -2.47. The quantitative estimate of drug-likeness (QED) is 0.0993. The number of carbonyl (C=O) groups excluding carboxylic acids is 1. The van der Waals surface area contributed by atoms with Crippen LogP contribution in [0.15, 0.2) is 137 Å². The van der Waals surface area contributed by atoms with Gasteiger partial charge in [-0.15, -0.1) is 0 Å². The molecule has 2 aliphatic rings. The highest BCUT2D eigenvalue weighted by molar-refractivity contribution is 7.89. The topological polar surface area (TPSA) is 155 Å². The molecule has 1 aromatic heterocycles. The minimum Gasteiger partial charge on any atom is -0.392 e. The molecule has 5 atom stereocenters. The van der Waals surface area contributed by atoms with Gasteiger partial charge in [0.2, 0.25) is 15.9 Å². The molecule has 3 heterocycles. The maximum absolute atomic E-state index is 14.0. The van der Waals surface area contributed by atoms with E-state index in [1.54, 1.807) is 24.3 Å². The van der Waals surface area contributed by atoms with Crippen LogP contribution in [0.3, 0.4) is 0 Å². The number of imidazole rings is 1. The molecule has 0 radical (unpaired) electrons. The van der Waals surface area contributed by atoms with Gasteiger partial charge in [-0.3, -0.25) is 9.36 Å². The molecule has 2 saturated heterocycles. The second-order valence-corrected chi connectivity index (χ2v) is 17.7. The molecule has 2 fully saturated rings. The van der Waals surface area contributed by atoms with Gasteiger partial charge in [0.15, 0.2) is 6.29 Å². The molecule has 0 aliphatic carbocycles. The third-order valence-corrected chi connectivity index (χ3v) is 13.2. The average molecular weight is 830 g/mol. The number of anilines is 1. The summed E-state index contributed by atoms with van der Waals surface area (Å²) in [6, 6.07) is 37.6. The molecule has 0 spiro atoms. The number of aromatic nitrogens is 2. The van der Waals surface area contributed by atoms with Crippen molar-refractivity contribution in [2.45, 2.75) is 75.2 Å². The molecule has 312 valence electrons. The molecule has 4 N–H and O–H groups in total. The molecule has 12 nitrogen and oxygen atoms in total. The minimum absolute atomic E-state index is 0.0432. The molecule has 1 amide bonds. The van der Waals surface area contributed by atoms with E-state index in [4.69, 9.17) is 9.47 Å². The number of rotatable bonds is 13. The summed E-state index contributed by atoms with van der Waals surface area (Å²) >= 11 is 0. The van der Waals surface area contributed by atoms with Crippen molar-refractivity contribution >= 4 is 32.7 Å². The Hall–Kier alpha value is -5.41. The molecule has 8 rings (SSSR count). The molecular formula is C47H51N5O7S. The van der Waals surface area contributed by atoms with Crippen molar-refractivity contribution in [2.24, 2.45) is 5.92 Å². The van der Waals surface area contributed by atoms with Crippen molar-refractivity contribution in [3.8, 4) is 0 Å². The van der Waals surface area contributed by atoms with Crippen LogP contribution in [-0.4, -0.2) is 65.7 Å². The van der Waals surface area contributed by atoms with E-state index in [0.717, 1.165) is 59.2 Å². The number of carbonyl (C=O) groups is 1. The molecule has 0 saturated carbocycles. The number of likely N-dealkylation sites (tertiary alicyclic amines) is 1. The summed E-state index contributed by atoms with van der Waals surface area (Å²) in [6.45, 7) is 6.19. The largest absolute Gasteiger partial charge is 0.392 e. The third-order valence-electron chi connectivity index (χ3n) is 11.8. The van der Waals surface area contributed by atoms with Gasteiger partial charge in [-0.2, -0.15) is 4.72 Å². The number of H-pyrrole nitrogens is 1. The molecule has 0 bridgehead atoms. The van der Waals surface area contributed by atoms with Crippen molar-refractivity contribution in [1.82, 2.24) is 19.2 Å². The number of aromatic amines is 1. The Morgan fingerprint density at radius 2 is 1.57 bits per heavy atom. The lowest BCUT2D eigenvalue weighted by atomic mass is 9.89. The van der Waals surface area contributed by atoms with E-state index in [1.807, 2.05) is 102 Å². The summed E-state index contributed by atoms with van der Waals surface area (Å²) in [5.74, 6) is -0.554. The first-order valence-electron chi connectivity index (χ1n) is 20.5. The van der Waals surface area contributed by atoms with E-state index in [0.29, 0.717) is 17.8 Å². The van der Waals surface area contributed by atoms with E-state index in [2.05, 4.69) is 26.8 Å². The van der Waals surface area contributed by atoms with Crippen LogP contribution in [0.2, 0.25) is 0 Å². The van der Waals surface area contributed by atoms with E-state index >= 15 is 0 Å². The summed E-state index contributed by atoms with van der Waals surface area (Å²) in [7, 11) is -4.03. The van der Waals surface area contributed by atoms with E-state index in [9.17, 15) is 23.1 Å². The van der Waals surface area contributed by atoms with Crippen LogP contribution in [0.4, 0.5) is 5.69 Å². The molecule has 13 heteroatoms. The predicted molar refractivity (Wildman–Crippen MR) is 231 cm³/mol. The highest BCUT2D eigenvalue weighted by atomic mass is 32.2. The lowest BCUT2D eigenvalue weighted by Gasteiger charge is -2.44. The van der Waals surface area contributed by atoms with Crippen molar-refractivity contribution in [3.05, 3.63) is 166 Å². The number of aryl methyl sites for hydroxylation is 1. The van der Waals surface area contributed by atoms with Crippen molar-refractivity contribution in [3.63, 3.8) is 0 Å². The van der Waals surface area contributed by atoms with Crippen LogP contribution in [0.5, 0.6) is 0 Å². The van der Waals surface area contributed by atoms with Gasteiger partial charge in [0.25, 0.3) is 0 Å². The Balaban J connectivity index is 1.01. The van der Waals surface area contributed by atoms with E-state index in [-0.39, 0.29) is 47.8 Å². The number of piperidine rings is 1. The minimum atomic E-state index is -4.03. The van der Waals surface area contributed by atoms with Crippen LogP contribution in [0, 0.1) is 12.8 Å². The normalized spacial score (nSPS) is 20.9. The Labute approximate surface area is 350 Å². The fourth-order valence-corrected chi connectivity index (χ4v) is 9.58. The zero-order valence-corrected chi connectivity index (χ0v) is 34.6. The molecular weight excluding hydrogens is 779 g/mol. The molecule has 2 aliphatic heterocycles. The van der Waals surface area contributed by atoms with Crippen LogP contribution in [-0.2, 0) is 37.3 Å². The van der Waals surface area contributed by atoms with Gasteiger partial charge in [0.05, 0.1) is 34.7 Å². The average Bonchev–Trinajstić information content (AvgIpc) is 3.60. The van der Waals surface area contributed by atoms with Gasteiger partial charge in [0, 0.05) is 42.8 Å². The monoisotopic (exact) mass is 829 g/mol. The number of hydrogen-bond donors (Lipinski definition) is 4. The van der Waals surface area contributed by atoms with Crippen LogP contribution in [0.25, 0.3) is 11.0 Å². The summed E-state index contributed by atoms with van der Waals surface area (Å²) in [5, 5.41) is 12.7. The van der Waals surface area contributed by atoms with Crippen LogP contribution in [0.1, 0.15) is 66.0 Å². The first-order chi connectivity index (χ1) is 29.0. The van der Waals surface area contributed by atoms with Crippen molar-refractivity contribution < 1.29 is 27.8 Å². The Kier molecular flexibility index (Phi) is 12.4. The maximum atomic E-state index is 14.0. The number of benzene rings is 5. The molecule has 6 aromatic rings. The predicted octanol–water partition coefficient (Wildman–Crippen LogP) is 6.79. The highest BCUT2D eigenvalue weighted by Crippen LogP contribution is 2.42. The zero-order chi connectivity index (χ0) is 41.8. The zero-order valence-electron chi connectivity index (χ0n) is 33.7. The fourth-order valence-electron chi connectivity index (χ4n) is 8.38. The van der Waals surface area contributed by atoms with Gasteiger partial charge in [0.1, 0.15) is 6.04 Å². The second-order valence-electron chi connectivity index (χ2n) is 16.0. The lowest BCUT2D eigenvalue weighted by molar-refractivity contribution is -0.276.